The normalized spacial score (nSPS) is 13.3. The van der Waals surface area contributed by atoms with Gasteiger partial charge < -0.3 is 9.73 Å². The second-order valence-electron chi connectivity index (χ2n) is 11.4. The average Bonchev–Trinajstić information content (AvgIpc) is 3.50. The van der Waals surface area contributed by atoms with Gasteiger partial charge in [0, 0.05) is 33.1 Å². The summed E-state index contributed by atoms with van der Waals surface area (Å²) < 4.78 is 6.26. The van der Waals surface area contributed by atoms with Gasteiger partial charge >= 0.3 is 0 Å². The molecule has 0 fully saturated rings. The van der Waals surface area contributed by atoms with E-state index in [1.165, 1.54) is 44.5 Å². The maximum absolute atomic E-state index is 6.26. The second-order valence-corrected chi connectivity index (χ2v) is 11.4. The van der Waals surface area contributed by atoms with E-state index in [1.54, 1.807) is 0 Å². The summed E-state index contributed by atoms with van der Waals surface area (Å²) in [5.74, 6) is 0. The zero-order valence-corrected chi connectivity index (χ0v) is 23.1. The number of hydrogen-bond acceptors (Lipinski definition) is 2. The van der Waals surface area contributed by atoms with Crippen molar-refractivity contribution in [2.45, 2.75) is 19.3 Å². The summed E-state index contributed by atoms with van der Waals surface area (Å²) in [5, 5.41) is 6.11. The SMILES string of the molecule is CC1(C)c2ccccc2-c2ccc(Nc3cccc(-c4cccc5oc6ccccc6c45)c3-c3ccccc3)cc21. The molecular weight excluding hydrogens is 498 g/mol. The third-order valence-corrected chi connectivity index (χ3v) is 8.68. The molecule has 2 nitrogen and oxygen atoms in total. The van der Waals surface area contributed by atoms with Gasteiger partial charge in [-0.3, -0.25) is 0 Å². The first-order chi connectivity index (χ1) is 20.1. The molecule has 0 saturated heterocycles. The number of nitrogens with one attached hydrogen (secondary N) is 1. The first kappa shape index (κ1) is 23.8. The minimum absolute atomic E-state index is 0.0499. The van der Waals surface area contributed by atoms with Crippen LogP contribution in [0.4, 0.5) is 11.4 Å². The highest BCUT2D eigenvalue weighted by atomic mass is 16.3. The van der Waals surface area contributed by atoms with Gasteiger partial charge in [-0.15, -0.1) is 0 Å². The molecule has 1 N–H and O–H groups in total. The predicted octanol–water partition coefficient (Wildman–Crippen LogP) is 11.0. The van der Waals surface area contributed by atoms with E-state index in [2.05, 4.69) is 140 Å². The van der Waals surface area contributed by atoms with E-state index in [-0.39, 0.29) is 5.41 Å². The molecule has 6 aromatic carbocycles. The lowest BCUT2D eigenvalue weighted by molar-refractivity contribution is 0.660. The Labute approximate surface area is 239 Å². The Morgan fingerprint density at radius 1 is 0.537 bits per heavy atom. The van der Waals surface area contributed by atoms with Crippen LogP contribution in [0.3, 0.4) is 0 Å². The van der Waals surface area contributed by atoms with Crippen molar-refractivity contribution in [2.24, 2.45) is 0 Å². The van der Waals surface area contributed by atoms with E-state index in [0.717, 1.165) is 33.3 Å². The smallest absolute Gasteiger partial charge is 0.136 e. The van der Waals surface area contributed by atoms with Crippen LogP contribution in [-0.2, 0) is 5.41 Å². The van der Waals surface area contributed by atoms with Crippen molar-refractivity contribution in [1.29, 1.82) is 0 Å². The molecule has 0 unspecified atom stereocenters. The van der Waals surface area contributed by atoms with Crippen molar-refractivity contribution in [3.05, 3.63) is 145 Å². The van der Waals surface area contributed by atoms with Crippen LogP contribution in [0.25, 0.3) is 55.3 Å². The van der Waals surface area contributed by atoms with Gasteiger partial charge in [-0.05, 0) is 69.3 Å². The van der Waals surface area contributed by atoms with E-state index in [1.807, 2.05) is 12.1 Å². The van der Waals surface area contributed by atoms with Crippen LogP contribution < -0.4 is 5.32 Å². The number of hydrogen-bond donors (Lipinski definition) is 1. The maximum Gasteiger partial charge on any atom is 0.136 e. The lowest BCUT2D eigenvalue weighted by Gasteiger charge is -2.23. The van der Waals surface area contributed by atoms with Crippen LogP contribution in [-0.4, -0.2) is 0 Å². The van der Waals surface area contributed by atoms with Crippen molar-refractivity contribution in [3.63, 3.8) is 0 Å². The number of anilines is 2. The van der Waals surface area contributed by atoms with Crippen LogP contribution in [0.2, 0.25) is 0 Å². The van der Waals surface area contributed by atoms with Crippen LogP contribution in [0.1, 0.15) is 25.0 Å². The van der Waals surface area contributed by atoms with Crippen molar-refractivity contribution in [3.8, 4) is 33.4 Å². The largest absolute Gasteiger partial charge is 0.456 e. The van der Waals surface area contributed by atoms with E-state index >= 15 is 0 Å². The monoisotopic (exact) mass is 527 g/mol. The Balaban J connectivity index is 1.31. The molecule has 0 amide bonds. The quantitative estimate of drug-likeness (QED) is 0.246. The number of fused-ring (bicyclic) bond motifs is 6. The van der Waals surface area contributed by atoms with Crippen LogP contribution in [0.15, 0.2) is 138 Å². The molecule has 0 saturated carbocycles. The third kappa shape index (κ3) is 3.64. The van der Waals surface area contributed by atoms with Crippen molar-refractivity contribution < 1.29 is 4.42 Å². The molecule has 0 bridgehead atoms. The highest BCUT2D eigenvalue weighted by Crippen LogP contribution is 2.50. The minimum atomic E-state index is -0.0499. The highest BCUT2D eigenvalue weighted by Gasteiger charge is 2.35. The zero-order chi connectivity index (χ0) is 27.6. The van der Waals surface area contributed by atoms with Crippen molar-refractivity contribution >= 4 is 33.3 Å². The zero-order valence-electron chi connectivity index (χ0n) is 23.1. The maximum atomic E-state index is 6.26. The predicted molar refractivity (Wildman–Crippen MR) is 172 cm³/mol. The second kappa shape index (κ2) is 8.97. The highest BCUT2D eigenvalue weighted by molar-refractivity contribution is 6.14. The number of rotatable bonds is 4. The topological polar surface area (TPSA) is 25.2 Å². The molecule has 1 aromatic heterocycles. The molecule has 1 aliphatic rings. The minimum Gasteiger partial charge on any atom is -0.456 e. The Morgan fingerprint density at radius 3 is 2.12 bits per heavy atom. The molecule has 1 aliphatic carbocycles. The van der Waals surface area contributed by atoms with Gasteiger partial charge in [0.05, 0.1) is 0 Å². The van der Waals surface area contributed by atoms with E-state index in [4.69, 9.17) is 4.42 Å². The Bertz CT molecular complexity index is 2100. The molecule has 0 spiro atoms. The van der Waals surface area contributed by atoms with Gasteiger partial charge in [-0.1, -0.05) is 117 Å². The number of para-hydroxylation sites is 1. The summed E-state index contributed by atoms with van der Waals surface area (Å²) in [6.07, 6.45) is 0. The molecular formula is C39H29NO. The summed E-state index contributed by atoms with van der Waals surface area (Å²) in [6, 6.07) is 47.5. The lowest BCUT2D eigenvalue weighted by atomic mass is 9.82. The summed E-state index contributed by atoms with van der Waals surface area (Å²) >= 11 is 0. The van der Waals surface area contributed by atoms with E-state index in [9.17, 15) is 0 Å². The van der Waals surface area contributed by atoms with Gasteiger partial charge in [-0.2, -0.15) is 0 Å². The molecule has 0 atom stereocenters. The fraction of sp³-hybridized carbons (Fsp3) is 0.0769. The van der Waals surface area contributed by atoms with E-state index < -0.39 is 0 Å². The van der Waals surface area contributed by atoms with Crippen LogP contribution >= 0.6 is 0 Å². The molecule has 196 valence electrons. The third-order valence-electron chi connectivity index (χ3n) is 8.68. The summed E-state index contributed by atoms with van der Waals surface area (Å²) in [5.41, 5.74) is 14.0. The lowest BCUT2D eigenvalue weighted by Crippen LogP contribution is -2.15. The molecule has 7 aromatic rings. The average molecular weight is 528 g/mol. The Hall–Kier alpha value is -5.08. The summed E-state index contributed by atoms with van der Waals surface area (Å²) in [4.78, 5) is 0. The first-order valence-corrected chi connectivity index (χ1v) is 14.2. The van der Waals surface area contributed by atoms with Gasteiger partial charge in [0.25, 0.3) is 0 Å². The molecule has 2 heteroatoms. The fourth-order valence-electron chi connectivity index (χ4n) is 6.73. The molecule has 8 rings (SSSR count). The number of benzene rings is 6. The molecule has 0 aliphatic heterocycles. The molecule has 41 heavy (non-hydrogen) atoms. The Morgan fingerprint density at radius 2 is 1.22 bits per heavy atom. The first-order valence-electron chi connectivity index (χ1n) is 14.2. The number of furan rings is 1. The van der Waals surface area contributed by atoms with Gasteiger partial charge in [-0.25, -0.2) is 0 Å². The van der Waals surface area contributed by atoms with Gasteiger partial charge in [0.2, 0.25) is 0 Å². The van der Waals surface area contributed by atoms with Crippen LogP contribution in [0.5, 0.6) is 0 Å². The summed E-state index contributed by atoms with van der Waals surface area (Å²) in [7, 11) is 0. The van der Waals surface area contributed by atoms with Crippen LogP contribution in [0, 0.1) is 0 Å². The van der Waals surface area contributed by atoms with E-state index in [0.29, 0.717) is 0 Å². The standard InChI is InChI=1S/C39H29NO/c1-39(2)32-18-8-6-14-27(32)28-23-22-26(24-33(28)39)40-34-19-10-16-29(37(34)25-12-4-3-5-13-25)30-17-11-21-36-38(30)31-15-7-9-20-35(31)41-36/h3-24,40H,1-2H3. The fourth-order valence-corrected chi connectivity index (χ4v) is 6.73. The van der Waals surface area contributed by atoms with Gasteiger partial charge in [0.15, 0.2) is 0 Å². The van der Waals surface area contributed by atoms with Crippen molar-refractivity contribution in [2.75, 3.05) is 5.32 Å². The summed E-state index contributed by atoms with van der Waals surface area (Å²) in [6.45, 7) is 4.65. The van der Waals surface area contributed by atoms with Crippen molar-refractivity contribution in [1.82, 2.24) is 0 Å². The molecule has 0 radical (unpaired) electrons. The van der Waals surface area contributed by atoms with Gasteiger partial charge in [0.1, 0.15) is 11.2 Å². The Kier molecular flexibility index (Phi) is 5.20. The molecule has 1 heterocycles.